The maximum Gasteiger partial charge on any atom is 0.404 e. The topological polar surface area (TPSA) is 88.3 Å². The van der Waals surface area contributed by atoms with Gasteiger partial charge in [0.15, 0.2) is 0 Å². The number of piperidine rings is 1. The minimum atomic E-state index is -0.954. The van der Waals surface area contributed by atoms with Crippen LogP contribution in [-0.4, -0.2) is 54.4 Å². The molecule has 1 aliphatic heterocycles. The van der Waals surface area contributed by atoms with Gasteiger partial charge in [0, 0.05) is 55.4 Å². The van der Waals surface area contributed by atoms with Crippen LogP contribution in [0, 0.1) is 5.92 Å². The van der Waals surface area contributed by atoms with Crippen molar-refractivity contribution in [3.63, 3.8) is 0 Å². The molecule has 3 aromatic rings. The fourth-order valence-corrected chi connectivity index (χ4v) is 4.46. The van der Waals surface area contributed by atoms with Gasteiger partial charge < -0.3 is 29.2 Å². The molecule has 0 radical (unpaired) electrons. The van der Waals surface area contributed by atoms with Gasteiger partial charge in [0.1, 0.15) is 17.1 Å². The number of nitrogens with zero attached hydrogens (tertiary/aromatic N) is 3. The minimum absolute atomic E-state index is 0.502. The number of aromatic nitrogens is 2. The number of carbonyl (C=O) groups is 1. The molecule has 0 atom stereocenters. The van der Waals surface area contributed by atoms with Crippen molar-refractivity contribution >= 4 is 29.0 Å². The lowest BCUT2D eigenvalue weighted by Crippen LogP contribution is -2.35. The van der Waals surface area contributed by atoms with Crippen LogP contribution >= 0.6 is 11.6 Å². The van der Waals surface area contributed by atoms with Crippen LogP contribution in [0.2, 0.25) is 5.02 Å². The molecule has 0 spiro atoms. The predicted molar refractivity (Wildman–Crippen MR) is 124 cm³/mol. The third-order valence-corrected chi connectivity index (χ3v) is 6.30. The van der Waals surface area contributed by atoms with E-state index in [1.54, 1.807) is 20.3 Å². The molecule has 1 amide bonds. The second-order valence-electron chi connectivity index (χ2n) is 7.91. The van der Waals surface area contributed by atoms with E-state index in [-0.39, 0.29) is 0 Å². The summed E-state index contributed by atoms with van der Waals surface area (Å²) in [4.78, 5) is 17.8. The fraction of sp³-hybridized carbons (Fsp3) is 0.391. The first kappa shape index (κ1) is 22.1. The zero-order valence-corrected chi connectivity index (χ0v) is 18.9. The van der Waals surface area contributed by atoms with Crippen molar-refractivity contribution in [2.24, 2.45) is 5.92 Å². The van der Waals surface area contributed by atoms with Gasteiger partial charge in [0.25, 0.3) is 0 Å². The van der Waals surface area contributed by atoms with E-state index in [4.69, 9.17) is 31.2 Å². The van der Waals surface area contributed by atoms with Crippen LogP contribution < -0.4 is 19.7 Å². The van der Waals surface area contributed by atoms with Crippen LogP contribution in [0.25, 0.3) is 16.9 Å². The minimum Gasteiger partial charge on any atom is -0.496 e. The number of hydrogen-bond donors (Lipinski definition) is 2. The Kier molecular flexibility index (Phi) is 6.60. The summed E-state index contributed by atoms with van der Waals surface area (Å²) < 4.78 is 12.8. The second-order valence-corrected chi connectivity index (χ2v) is 8.32. The molecular weight excluding hydrogens is 432 g/mol. The zero-order valence-electron chi connectivity index (χ0n) is 18.2. The van der Waals surface area contributed by atoms with Crippen LogP contribution in [0.15, 0.2) is 36.7 Å². The number of anilines is 1. The number of imidazole rings is 1. The Balaban J connectivity index is 1.50. The van der Waals surface area contributed by atoms with Crippen molar-refractivity contribution in [3.8, 4) is 22.8 Å². The van der Waals surface area contributed by atoms with E-state index in [2.05, 4.69) is 22.3 Å². The highest BCUT2D eigenvalue weighted by atomic mass is 35.5. The number of amides is 1. The van der Waals surface area contributed by atoms with E-state index < -0.39 is 6.09 Å². The largest absolute Gasteiger partial charge is 0.496 e. The highest BCUT2D eigenvalue weighted by Crippen LogP contribution is 2.38. The lowest BCUT2D eigenvalue weighted by molar-refractivity contribution is 0.193. The van der Waals surface area contributed by atoms with Gasteiger partial charge >= 0.3 is 6.09 Å². The Morgan fingerprint density at radius 1 is 1.22 bits per heavy atom. The molecule has 9 heteroatoms. The van der Waals surface area contributed by atoms with E-state index in [9.17, 15) is 4.79 Å². The van der Waals surface area contributed by atoms with Crippen molar-refractivity contribution in [2.45, 2.75) is 19.3 Å². The summed E-state index contributed by atoms with van der Waals surface area (Å²) in [5.74, 6) is 1.75. The number of fused-ring (bicyclic) bond motifs is 1. The summed E-state index contributed by atoms with van der Waals surface area (Å²) in [5, 5.41) is 11.7. The number of methoxy groups -OCH3 is 2. The van der Waals surface area contributed by atoms with E-state index in [0.29, 0.717) is 29.0 Å². The van der Waals surface area contributed by atoms with E-state index in [1.165, 1.54) is 0 Å². The SMILES string of the molecule is COc1cc(OC)c(-c2cn3ccc(N4CCC(CCNC(=O)O)CC4)cc3n2)cc1Cl. The summed E-state index contributed by atoms with van der Waals surface area (Å²) in [7, 11) is 3.18. The quantitative estimate of drug-likeness (QED) is 0.540. The van der Waals surface area contributed by atoms with Gasteiger partial charge in [-0.1, -0.05) is 11.6 Å². The van der Waals surface area contributed by atoms with Crippen LogP contribution in [-0.2, 0) is 0 Å². The summed E-state index contributed by atoms with van der Waals surface area (Å²) in [6.07, 6.45) is 6.00. The number of benzene rings is 1. The van der Waals surface area contributed by atoms with Crippen LogP contribution in [0.5, 0.6) is 11.5 Å². The molecule has 1 saturated heterocycles. The number of ether oxygens (including phenoxy) is 2. The maximum absolute atomic E-state index is 10.6. The van der Waals surface area contributed by atoms with E-state index in [1.807, 2.05) is 22.9 Å². The number of hydrogen-bond acceptors (Lipinski definition) is 5. The third kappa shape index (κ3) is 4.70. The number of nitrogens with one attached hydrogen (secondary N) is 1. The Hall–Kier alpha value is -3.13. The molecule has 0 unspecified atom stereocenters. The van der Waals surface area contributed by atoms with E-state index in [0.717, 1.165) is 54.9 Å². The lowest BCUT2D eigenvalue weighted by atomic mass is 9.93. The number of pyridine rings is 1. The zero-order chi connectivity index (χ0) is 22.7. The molecule has 1 aromatic carbocycles. The number of rotatable bonds is 7. The molecular formula is C23H27ClN4O4. The standard InChI is InChI=1S/C23H27ClN4O4/c1-31-20-13-21(32-2)18(24)12-17(20)19-14-28-10-6-16(11-22(28)26-19)27-8-4-15(5-9-27)3-7-25-23(29)30/h6,10-15,25H,3-5,7-9H2,1-2H3,(H,29,30). The average Bonchev–Trinajstić information content (AvgIpc) is 3.22. The van der Waals surface area contributed by atoms with Gasteiger partial charge in [0.2, 0.25) is 0 Å². The molecule has 0 saturated carbocycles. The first-order valence-corrected chi connectivity index (χ1v) is 11.0. The molecule has 2 N–H and O–H groups in total. The molecule has 1 aliphatic rings. The molecule has 170 valence electrons. The van der Waals surface area contributed by atoms with Crippen LogP contribution in [0.3, 0.4) is 0 Å². The monoisotopic (exact) mass is 458 g/mol. The highest BCUT2D eigenvalue weighted by Gasteiger charge is 2.20. The Labute approximate surface area is 191 Å². The van der Waals surface area contributed by atoms with Crippen molar-refractivity contribution in [2.75, 3.05) is 38.8 Å². The fourth-order valence-electron chi connectivity index (χ4n) is 4.22. The Bertz CT molecular complexity index is 1110. The van der Waals surface area contributed by atoms with Gasteiger partial charge in [-0.2, -0.15) is 0 Å². The highest BCUT2D eigenvalue weighted by molar-refractivity contribution is 6.32. The molecule has 32 heavy (non-hydrogen) atoms. The van der Waals surface area contributed by atoms with Crippen molar-refractivity contribution in [3.05, 3.63) is 41.7 Å². The second kappa shape index (κ2) is 9.56. The lowest BCUT2D eigenvalue weighted by Gasteiger charge is -2.33. The first-order chi connectivity index (χ1) is 15.5. The number of halogens is 1. The molecule has 0 bridgehead atoms. The van der Waals surface area contributed by atoms with E-state index >= 15 is 0 Å². The molecule has 4 rings (SSSR count). The van der Waals surface area contributed by atoms with Gasteiger partial charge in [-0.25, -0.2) is 9.78 Å². The van der Waals surface area contributed by atoms with Crippen LogP contribution in [0.4, 0.5) is 10.5 Å². The normalized spacial score (nSPS) is 14.5. The molecule has 8 nitrogen and oxygen atoms in total. The van der Waals surface area contributed by atoms with Gasteiger partial charge in [-0.3, -0.25) is 0 Å². The van der Waals surface area contributed by atoms with Crippen molar-refractivity contribution in [1.82, 2.24) is 14.7 Å². The van der Waals surface area contributed by atoms with Crippen molar-refractivity contribution in [1.29, 1.82) is 0 Å². The van der Waals surface area contributed by atoms with Crippen molar-refractivity contribution < 1.29 is 19.4 Å². The van der Waals surface area contributed by atoms with Gasteiger partial charge in [-0.05, 0) is 37.3 Å². The van der Waals surface area contributed by atoms with Gasteiger partial charge in [0.05, 0.1) is 24.9 Å². The summed E-state index contributed by atoms with van der Waals surface area (Å²) in [6.45, 7) is 2.41. The third-order valence-electron chi connectivity index (χ3n) is 6.00. The Morgan fingerprint density at radius 2 is 1.97 bits per heavy atom. The maximum atomic E-state index is 10.6. The summed E-state index contributed by atoms with van der Waals surface area (Å²) in [6, 6.07) is 7.77. The molecule has 2 aromatic heterocycles. The number of carboxylic acid groups (broad SMARTS) is 1. The average molecular weight is 459 g/mol. The smallest absolute Gasteiger partial charge is 0.404 e. The van der Waals surface area contributed by atoms with Crippen LogP contribution in [0.1, 0.15) is 19.3 Å². The molecule has 1 fully saturated rings. The molecule has 3 heterocycles. The predicted octanol–water partition coefficient (Wildman–Crippen LogP) is 4.55. The summed E-state index contributed by atoms with van der Waals surface area (Å²) >= 11 is 6.34. The van der Waals surface area contributed by atoms with Gasteiger partial charge in [-0.15, -0.1) is 0 Å². The Morgan fingerprint density at radius 3 is 2.66 bits per heavy atom. The summed E-state index contributed by atoms with van der Waals surface area (Å²) in [5.41, 5.74) is 3.56. The first-order valence-electron chi connectivity index (χ1n) is 10.6. The molecule has 0 aliphatic carbocycles.